The van der Waals surface area contributed by atoms with Gasteiger partial charge in [-0.2, -0.15) is 0 Å². The molecule has 1 atom stereocenters. The lowest BCUT2D eigenvalue weighted by molar-refractivity contribution is -0.132. The smallest absolute Gasteiger partial charge is 0.237 e. The maximum absolute atomic E-state index is 12.8. The predicted molar refractivity (Wildman–Crippen MR) is 97.7 cm³/mol. The fourth-order valence-corrected chi connectivity index (χ4v) is 4.03. The lowest BCUT2D eigenvalue weighted by Gasteiger charge is -2.36. The summed E-state index contributed by atoms with van der Waals surface area (Å²) >= 11 is 1.79. The molecule has 24 heavy (non-hydrogen) atoms. The van der Waals surface area contributed by atoms with Crippen molar-refractivity contribution in [3.05, 3.63) is 51.7 Å². The number of nitrogens with zero attached hydrogens (tertiary/aromatic N) is 1. The summed E-state index contributed by atoms with van der Waals surface area (Å²) in [5.41, 5.74) is 2.39. The second kappa shape index (κ2) is 7.36. The zero-order chi connectivity index (χ0) is 17.1. The topological polar surface area (TPSA) is 41.6 Å². The molecule has 0 aliphatic carbocycles. The minimum Gasteiger partial charge on any atom is -0.497 e. The molecule has 0 unspecified atom stereocenters. The molecule has 1 aliphatic heterocycles. The van der Waals surface area contributed by atoms with Gasteiger partial charge in [0.05, 0.1) is 19.7 Å². The molecule has 0 saturated carbocycles. The summed E-state index contributed by atoms with van der Waals surface area (Å²) in [5.74, 6) is 0.987. The van der Waals surface area contributed by atoms with Crippen molar-refractivity contribution < 1.29 is 9.53 Å². The van der Waals surface area contributed by atoms with Crippen molar-refractivity contribution in [2.24, 2.45) is 0 Å². The fraction of sp³-hybridized carbons (Fsp3) is 0.421. The fourth-order valence-electron chi connectivity index (χ4n) is 3.12. The van der Waals surface area contributed by atoms with E-state index >= 15 is 0 Å². The summed E-state index contributed by atoms with van der Waals surface area (Å²) in [6.45, 7) is 5.26. The van der Waals surface area contributed by atoms with Crippen molar-refractivity contribution in [1.29, 1.82) is 0 Å². The van der Waals surface area contributed by atoms with Crippen LogP contribution in [0.1, 0.15) is 35.9 Å². The monoisotopic (exact) mass is 344 g/mol. The highest BCUT2D eigenvalue weighted by atomic mass is 32.1. The average molecular weight is 344 g/mol. The van der Waals surface area contributed by atoms with Gasteiger partial charge >= 0.3 is 0 Å². The number of thiophene rings is 1. The van der Waals surface area contributed by atoms with Gasteiger partial charge in [-0.25, -0.2) is 0 Å². The molecule has 5 heteroatoms. The molecular weight excluding hydrogens is 320 g/mol. The summed E-state index contributed by atoms with van der Waals surface area (Å²) in [6.07, 6.45) is 0.938. The summed E-state index contributed by atoms with van der Waals surface area (Å²) in [5, 5.41) is 5.37. The van der Waals surface area contributed by atoms with Crippen LogP contribution < -0.4 is 10.1 Å². The number of rotatable bonds is 5. The molecule has 0 bridgehead atoms. The van der Waals surface area contributed by atoms with Gasteiger partial charge in [-0.3, -0.25) is 4.79 Å². The van der Waals surface area contributed by atoms with E-state index in [0.717, 1.165) is 24.3 Å². The van der Waals surface area contributed by atoms with Gasteiger partial charge in [0.15, 0.2) is 0 Å². The lowest BCUT2D eigenvalue weighted by atomic mass is 9.93. The van der Waals surface area contributed by atoms with Gasteiger partial charge in [-0.15, -0.1) is 11.3 Å². The first-order valence-electron chi connectivity index (χ1n) is 8.33. The molecule has 1 amide bonds. The number of benzene rings is 1. The number of hydrogen-bond acceptors (Lipinski definition) is 4. The van der Waals surface area contributed by atoms with E-state index < -0.39 is 0 Å². The van der Waals surface area contributed by atoms with Gasteiger partial charge < -0.3 is 15.0 Å². The van der Waals surface area contributed by atoms with Gasteiger partial charge in [0.25, 0.3) is 0 Å². The van der Waals surface area contributed by atoms with E-state index in [-0.39, 0.29) is 11.9 Å². The van der Waals surface area contributed by atoms with Gasteiger partial charge in [0.1, 0.15) is 5.75 Å². The number of carbonyl (C=O) groups is 1. The average Bonchev–Trinajstić information content (AvgIpc) is 3.07. The first-order chi connectivity index (χ1) is 11.6. The number of carbonyl (C=O) groups excluding carboxylic acids is 1. The zero-order valence-corrected chi connectivity index (χ0v) is 15.2. The van der Waals surface area contributed by atoms with Crippen LogP contribution in [0.3, 0.4) is 0 Å². The maximum Gasteiger partial charge on any atom is 0.237 e. The normalized spacial score (nSPS) is 17.0. The third-order valence-corrected chi connectivity index (χ3v) is 5.38. The van der Waals surface area contributed by atoms with E-state index in [9.17, 15) is 4.79 Å². The molecule has 3 rings (SSSR count). The summed E-state index contributed by atoms with van der Waals surface area (Å²) in [4.78, 5) is 16.2. The van der Waals surface area contributed by atoms with Crippen molar-refractivity contribution in [1.82, 2.24) is 10.2 Å². The lowest BCUT2D eigenvalue weighted by Crippen LogP contribution is -2.45. The van der Waals surface area contributed by atoms with Crippen LogP contribution in [0.5, 0.6) is 5.75 Å². The predicted octanol–water partition coefficient (Wildman–Crippen LogP) is 3.23. The quantitative estimate of drug-likeness (QED) is 0.905. The SMILES string of the molecule is COc1ccc([C@H]2c3ccsc3CCN2C(=O)CNC(C)C)cc1. The number of amides is 1. The molecule has 128 valence electrons. The van der Waals surface area contributed by atoms with Crippen LogP contribution in [0.2, 0.25) is 0 Å². The number of nitrogens with one attached hydrogen (secondary N) is 1. The Bertz CT molecular complexity index is 694. The summed E-state index contributed by atoms with van der Waals surface area (Å²) < 4.78 is 5.26. The molecule has 0 saturated heterocycles. The Morgan fingerprint density at radius 2 is 2.08 bits per heavy atom. The second-order valence-corrected chi connectivity index (χ2v) is 7.35. The minimum absolute atomic E-state index is 0.00707. The van der Waals surface area contributed by atoms with Gasteiger partial charge in [-0.05, 0) is 41.1 Å². The largest absolute Gasteiger partial charge is 0.497 e. The van der Waals surface area contributed by atoms with Crippen molar-refractivity contribution in [3.63, 3.8) is 0 Å². The molecular formula is C19H24N2O2S. The van der Waals surface area contributed by atoms with Crippen LogP contribution in [0.15, 0.2) is 35.7 Å². The van der Waals surface area contributed by atoms with E-state index in [1.807, 2.05) is 17.0 Å². The van der Waals surface area contributed by atoms with Crippen LogP contribution in [-0.4, -0.2) is 37.0 Å². The van der Waals surface area contributed by atoms with E-state index in [1.54, 1.807) is 18.4 Å². The molecule has 1 aromatic heterocycles. The van der Waals surface area contributed by atoms with Gasteiger partial charge in [0.2, 0.25) is 5.91 Å². The molecule has 0 radical (unpaired) electrons. The van der Waals surface area contributed by atoms with E-state index in [1.165, 1.54) is 10.4 Å². The van der Waals surface area contributed by atoms with E-state index in [2.05, 4.69) is 42.7 Å². The maximum atomic E-state index is 12.8. The zero-order valence-electron chi connectivity index (χ0n) is 14.4. The third kappa shape index (κ3) is 3.47. The summed E-state index contributed by atoms with van der Waals surface area (Å²) in [6, 6.07) is 10.5. The first kappa shape index (κ1) is 17.0. The van der Waals surface area contributed by atoms with Crippen molar-refractivity contribution in [2.45, 2.75) is 32.4 Å². The molecule has 1 N–H and O–H groups in total. The highest BCUT2D eigenvalue weighted by molar-refractivity contribution is 7.10. The van der Waals surface area contributed by atoms with Crippen LogP contribution in [0.4, 0.5) is 0 Å². The van der Waals surface area contributed by atoms with Crippen molar-refractivity contribution in [3.8, 4) is 5.75 Å². The molecule has 0 fully saturated rings. The molecule has 2 heterocycles. The first-order valence-corrected chi connectivity index (χ1v) is 9.21. The standard InChI is InChI=1S/C19H24N2O2S/c1-13(2)20-12-18(22)21-10-8-17-16(9-11-24-17)19(21)14-4-6-15(23-3)7-5-14/h4-7,9,11,13,19-20H,8,10,12H2,1-3H3/t19-/m0/s1. The Labute approximate surface area is 147 Å². The van der Waals surface area contributed by atoms with Crippen LogP contribution in [0.25, 0.3) is 0 Å². The second-order valence-electron chi connectivity index (χ2n) is 6.35. The molecule has 1 aliphatic rings. The van der Waals surface area contributed by atoms with Gasteiger partial charge in [0, 0.05) is 17.5 Å². The third-order valence-electron chi connectivity index (χ3n) is 4.38. The molecule has 4 nitrogen and oxygen atoms in total. The Balaban J connectivity index is 1.91. The van der Waals surface area contributed by atoms with Crippen molar-refractivity contribution in [2.75, 3.05) is 20.2 Å². The molecule has 1 aromatic carbocycles. The highest BCUT2D eigenvalue weighted by Gasteiger charge is 2.32. The number of methoxy groups -OCH3 is 1. The minimum atomic E-state index is -0.00707. The van der Waals surface area contributed by atoms with Crippen LogP contribution in [0, 0.1) is 0 Å². The van der Waals surface area contributed by atoms with Gasteiger partial charge in [-0.1, -0.05) is 26.0 Å². The highest BCUT2D eigenvalue weighted by Crippen LogP contribution is 2.38. The van der Waals surface area contributed by atoms with Crippen molar-refractivity contribution >= 4 is 17.2 Å². The summed E-state index contributed by atoms with van der Waals surface area (Å²) in [7, 11) is 1.67. The Hall–Kier alpha value is -1.85. The van der Waals surface area contributed by atoms with E-state index in [4.69, 9.17) is 4.74 Å². The Morgan fingerprint density at radius 1 is 1.33 bits per heavy atom. The van der Waals surface area contributed by atoms with Crippen LogP contribution >= 0.6 is 11.3 Å². The number of hydrogen-bond donors (Lipinski definition) is 1. The van der Waals surface area contributed by atoms with E-state index in [0.29, 0.717) is 12.6 Å². The molecule has 0 spiro atoms. The van der Waals surface area contributed by atoms with Crippen LogP contribution in [-0.2, 0) is 11.2 Å². The molecule has 2 aromatic rings. The Morgan fingerprint density at radius 3 is 2.75 bits per heavy atom. The number of ether oxygens (including phenoxy) is 1. The Kier molecular flexibility index (Phi) is 5.21. The number of fused-ring (bicyclic) bond motifs is 1.